The molecule has 0 aliphatic carbocycles. The summed E-state index contributed by atoms with van der Waals surface area (Å²) >= 11 is 11.5. The molecule has 0 spiro atoms. The number of carbonyl (C=O) groups excluding carboxylic acids is 2. The number of anilines is 2. The molecule has 0 saturated carbocycles. The van der Waals surface area contributed by atoms with Crippen LogP contribution in [0.3, 0.4) is 0 Å². The van der Waals surface area contributed by atoms with E-state index in [1.165, 1.54) is 12.1 Å². The van der Waals surface area contributed by atoms with Crippen LogP contribution in [0.2, 0.25) is 10.0 Å². The van der Waals surface area contributed by atoms with Gasteiger partial charge in [0.2, 0.25) is 0 Å². The van der Waals surface area contributed by atoms with Crippen molar-refractivity contribution in [3.05, 3.63) is 57.6 Å². The van der Waals surface area contributed by atoms with Gasteiger partial charge >= 0.3 is 18.0 Å². The van der Waals surface area contributed by atoms with Crippen molar-refractivity contribution in [3.8, 4) is 0 Å². The van der Waals surface area contributed by atoms with Gasteiger partial charge in [-0.2, -0.15) is 13.2 Å². The van der Waals surface area contributed by atoms with E-state index in [9.17, 15) is 22.8 Å². The Labute approximate surface area is 150 Å². The van der Waals surface area contributed by atoms with E-state index in [-0.39, 0.29) is 10.7 Å². The van der Waals surface area contributed by atoms with Gasteiger partial charge in [-0.15, -0.1) is 0 Å². The van der Waals surface area contributed by atoms with Crippen LogP contribution in [0.1, 0.15) is 11.1 Å². The quantitative estimate of drug-likeness (QED) is 0.716. The molecule has 0 saturated heterocycles. The van der Waals surface area contributed by atoms with Crippen LogP contribution in [0.5, 0.6) is 0 Å². The fourth-order valence-corrected chi connectivity index (χ4v) is 2.31. The third-order valence-corrected chi connectivity index (χ3v) is 3.90. The number of amides is 2. The van der Waals surface area contributed by atoms with Gasteiger partial charge in [0, 0.05) is 15.7 Å². The predicted octanol–water partition coefficient (Wildman–Crippen LogP) is 4.90. The van der Waals surface area contributed by atoms with Gasteiger partial charge in [0.25, 0.3) is 0 Å². The summed E-state index contributed by atoms with van der Waals surface area (Å²) in [5, 5.41) is 4.46. The van der Waals surface area contributed by atoms with Gasteiger partial charge in [-0.3, -0.25) is 9.59 Å². The van der Waals surface area contributed by atoms with Crippen LogP contribution < -0.4 is 10.6 Å². The van der Waals surface area contributed by atoms with E-state index in [1.807, 2.05) is 5.32 Å². The minimum Gasteiger partial charge on any atom is -0.317 e. The molecule has 2 rings (SSSR count). The van der Waals surface area contributed by atoms with Gasteiger partial charge < -0.3 is 10.6 Å². The molecule has 25 heavy (non-hydrogen) atoms. The summed E-state index contributed by atoms with van der Waals surface area (Å²) in [5.41, 5.74) is -0.924. The summed E-state index contributed by atoms with van der Waals surface area (Å²) in [4.78, 5) is 23.9. The highest BCUT2D eigenvalue weighted by molar-refractivity contribution is 6.44. The Morgan fingerprint density at radius 1 is 0.960 bits per heavy atom. The van der Waals surface area contributed by atoms with Crippen LogP contribution in [0.15, 0.2) is 36.4 Å². The zero-order valence-corrected chi connectivity index (χ0v) is 14.2. The highest BCUT2D eigenvalue weighted by Gasteiger charge is 2.34. The summed E-state index contributed by atoms with van der Waals surface area (Å²) in [6, 6.07) is 7.47. The zero-order valence-electron chi connectivity index (χ0n) is 12.7. The number of hydrogen-bond donors (Lipinski definition) is 2. The molecule has 0 unspecified atom stereocenters. The molecule has 2 N–H and O–H groups in total. The smallest absolute Gasteiger partial charge is 0.317 e. The molecular weight excluding hydrogens is 380 g/mol. The third kappa shape index (κ3) is 4.64. The highest BCUT2D eigenvalue weighted by Crippen LogP contribution is 2.36. The summed E-state index contributed by atoms with van der Waals surface area (Å²) in [7, 11) is 0. The van der Waals surface area contributed by atoms with Crippen molar-refractivity contribution in [2.24, 2.45) is 0 Å². The van der Waals surface area contributed by atoms with Gasteiger partial charge in [0.15, 0.2) is 0 Å². The fraction of sp³-hybridized carbons (Fsp3) is 0.125. The monoisotopic (exact) mass is 390 g/mol. The van der Waals surface area contributed by atoms with Gasteiger partial charge in [0.1, 0.15) is 0 Å². The minimum atomic E-state index is -4.74. The molecule has 2 aromatic rings. The molecule has 2 amide bonds. The van der Waals surface area contributed by atoms with Crippen LogP contribution in [-0.4, -0.2) is 11.8 Å². The molecular formula is C16H11Cl2F3N2O2. The number of benzene rings is 2. The molecule has 0 atom stereocenters. The molecule has 132 valence electrons. The maximum atomic E-state index is 13.0. The number of rotatable bonds is 2. The Bertz CT molecular complexity index is 839. The van der Waals surface area contributed by atoms with E-state index < -0.39 is 29.2 Å². The Hall–Kier alpha value is -2.25. The molecule has 0 aliphatic heterocycles. The van der Waals surface area contributed by atoms with Crippen molar-refractivity contribution < 1.29 is 22.8 Å². The van der Waals surface area contributed by atoms with Crippen LogP contribution in [-0.2, 0) is 15.8 Å². The second-order valence-corrected chi connectivity index (χ2v) is 5.85. The number of carbonyl (C=O) groups is 2. The highest BCUT2D eigenvalue weighted by atomic mass is 35.5. The number of halogens is 5. The molecule has 0 fully saturated rings. The standard InChI is InChI=1S/C16H11Cl2F3N2O2/c1-8-11(18)3-2-4-12(8)22-14(24)15(25)23-13-6-5-9(17)7-10(13)16(19,20)21/h2-7H,1H3,(H,22,24)(H,23,25). The molecule has 2 aromatic carbocycles. The lowest BCUT2D eigenvalue weighted by molar-refractivity contribution is -0.137. The van der Waals surface area contributed by atoms with Crippen LogP contribution >= 0.6 is 23.2 Å². The average Bonchev–Trinajstić information content (AvgIpc) is 2.52. The molecule has 0 radical (unpaired) electrons. The van der Waals surface area contributed by atoms with Gasteiger partial charge in [0.05, 0.1) is 11.3 Å². The van der Waals surface area contributed by atoms with E-state index in [4.69, 9.17) is 23.2 Å². The largest absolute Gasteiger partial charge is 0.418 e. The first-order chi connectivity index (χ1) is 11.6. The molecule has 4 nitrogen and oxygen atoms in total. The SMILES string of the molecule is Cc1c(Cl)cccc1NC(=O)C(=O)Nc1ccc(Cl)cc1C(F)(F)F. The Morgan fingerprint density at radius 3 is 2.16 bits per heavy atom. The topological polar surface area (TPSA) is 58.2 Å². The van der Waals surface area contributed by atoms with Crippen molar-refractivity contribution in [3.63, 3.8) is 0 Å². The van der Waals surface area contributed by atoms with Crippen molar-refractivity contribution in [1.29, 1.82) is 0 Å². The maximum Gasteiger partial charge on any atom is 0.418 e. The van der Waals surface area contributed by atoms with Gasteiger partial charge in [-0.1, -0.05) is 29.3 Å². The van der Waals surface area contributed by atoms with Crippen molar-refractivity contribution >= 4 is 46.4 Å². The first-order valence-corrected chi connectivity index (χ1v) is 7.59. The Morgan fingerprint density at radius 2 is 1.56 bits per heavy atom. The predicted molar refractivity (Wildman–Crippen MR) is 89.9 cm³/mol. The molecule has 0 heterocycles. The molecule has 0 aliphatic rings. The van der Waals surface area contributed by atoms with E-state index >= 15 is 0 Å². The second-order valence-electron chi connectivity index (χ2n) is 5.01. The summed E-state index contributed by atoms with van der Waals surface area (Å²) in [6.07, 6.45) is -4.74. The van der Waals surface area contributed by atoms with Crippen LogP contribution in [0.4, 0.5) is 24.5 Å². The molecule has 9 heteroatoms. The zero-order chi connectivity index (χ0) is 18.8. The number of hydrogen-bond acceptors (Lipinski definition) is 2. The van der Waals surface area contributed by atoms with Crippen LogP contribution in [0.25, 0.3) is 0 Å². The fourth-order valence-electron chi connectivity index (χ4n) is 1.96. The summed E-state index contributed by atoms with van der Waals surface area (Å²) in [6.45, 7) is 1.62. The second kappa shape index (κ2) is 7.33. The lowest BCUT2D eigenvalue weighted by atomic mass is 10.1. The van der Waals surface area contributed by atoms with E-state index in [1.54, 1.807) is 19.1 Å². The summed E-state index contributed by atoms with van der Waals surface area (Å²) < 4.78 is 39.0. The number of nitrogens with one attached hydrogen (secondary N) is 2. The molecule has 0 aromatic heterocycles. The molecule has 0 bridgehead atoms. The summed E-state index contributed by atoms with van der Waals surface area (Å²) in [5.74, 6) is -2.39. The number of alkyl halides is 3. The van der Waals surface area contributed by atoms with Crippen molar-refractivity contribution in [2.75, 3.05) is 10.6 Å². The maximum absolute atomic E-state index is 13.0. The van der Waals surface area contributed by atoms with E-state index in [2.05, 4.69) is 5.32 Å². The van der Waals surface area contributed by atoms with Gasteiger partial charge in [-0.25, -0.2) is 0 Å². The van der Waals surface area contributed by atoms with Crippen molar-refractivity contribution in [1.82, 2.24) is 0 Å². The third-order valence-electron chi connectivity index (χ3n) is 3.26. The normalized spacial score (nSPS) is 11.1. The Balaban J connectivity index is 2.20. The first-order valence-electron chi connectivity index (χ1n) is 6.84. The van der Waals surface area contributed by atoms with E-state index in [0.29, 0.717) is 16.7 Å². The minimum absolute atomic E-state index is 0.149. The Kier molecular flexibility index (Phi) is 5.59. The van der Waals surface area contributed by atoms with Crippen LogP contribution in [0, 0.1) is 6.92 Å². The van der Waals surface area contributed by atoms with E-state index in [0.717, 1.165) is 6.07 Å². The average molecular weight is 391 g/mol. The van der Waals surface area contributed by atoms with Crippen molar-refractivity contribution in [2.45, 2.75) is 13.1 Å². The lowest BCUT2D eigenvalue weighted by Crippen LogP contribution is -2.30. The lowest BCUT2D eigenvalue weighted by Gasteiger charge is -2.14. The first kappa shape index (κ1) is 19.1. The van der Waals surface area contributed by atoms with Gasteiger partial charge in [-0.05, 0) is 42.8 Å².